The van der Waals surface area contributed by atoms with Gasteiger partial charge in [-0.1, -0.05) is 41.9 Å². The van der Waals surface area contributed by atoms with Gasteiger partial charge in [0.1, 0.15) is 5.78 Å². The van der Waals surface area contributed by atoms with Gasteiger partial charge in [-0.2, -0.15) is 0 Å². The smallest absolute Gasteiger partial charge is 0.136 e. The van der Waals surface area contributed by atoms with Crippen LogP contribution in [0.1, 0.15) is 32.3 Å². The van der Waals surface area contributed by atoms with E-state index < -0.39 is 0 Å². The zero-order chi connectivity index (χ0) is 11.3. The third-order valence-electron chi connectivity index (χ3n) is 2.69. The van der Waals surface area contributed by atoms with E-state index in [4.69, 9.17) is 0 Å². The molecule has 1 unspecified atom stereocenters. The molecule has 0 heterocycles. The minimum atomic E-state index is 0.191. The summed E-state index contributed by atoms with van der Waals surface area (Å²) in [4.78, 5) is 11.6. The predicted molar refractivity (Wildman–Crippen MR) is 66.9 cm³/mol. The summed E-state index contributed by atoms with van der Waals surface area (Å²) in [5.41, 5.74) is 1.24. The van der Waals surface area contributed by atoms with Gasteiger partial charge in [0.15, 0.2) is 0 Å². The topological polar surface area (TPSA) is 17.1 Å². The number of rotatable bonds is 5. The molecule has 0 fully saturated rings. The van der Waals surface area contributed by atoms with E-state index in [0.29, 0.717) is 12.2 Å². The molecule has 0 aliphatic heterocycles. The Morgan fingerprint density at radius 3 is 2.33 bits per heavy atom. The Bertz CT molecular complexity index is 316. The maximum atomic E-state index is 11.6. The van der Waals surface area contributed by atoms with E-state index in [2.05, 4.69) is 35.0 Å². The Hall–Kier alpha value is -0.630. The highest BCUT2D eigenvalue weighted by Crippen LogP contribution is 2.17. The highest BCUT2D eigenvalue weighted by Gasteiger charge is 2.14. The number of carbonyl (C=O) groups is 1. The Morgan fingerprint density at radius 2 is 1.87 bits per heavy atom. The van der Waals surface area contributed by atoms with Crippen LogP contribution in [0.5, 0.6) is 0 Å². The van der Waals surface area contributed by atoms with E-state index in [-0.39, 0.29) is 5.92 Å². The van der Waals surface area contributed by atoms with E-state index in [9.17, 15) is 4.79 Å². The fraction of sp³-hybridized carbons (Fsp3) is 0.462. The molecule has 1 atom stereocenters. The molecular weight excluding hydrogens is 252 g/mol. The molecule has 1 nitrogen and oxygen atoms in total. The molecule has 0 amide bonds. The zero-order valence-electron chi connectivity index (χ0n) is 9.29. The average molecular weight is 269 g/mol. The maximum absolute atomic E-state index is 11.6. The van der Waals surface area contributed by atoms with E-state index in [1.807, 2.05) is 19.1 Å². The Kier molecular flexibility index (Phi) is 5.03. The van der Waals surface area contributed by atoms with Crippen molar-refractivity contribution in [2.75, 3.05) is 0 Å². The second kappa shape index (κ2) is 6.06. The van der Waals surface area contributed by atoms with Crippen molar-refractivity contribution in [3.05, 3.63) is 34.3 Å². The van der Waals surface area contributed by atoms with Crippen molar-refractivity contribution in [1.29, 1.82) is 0 Å². The molecule has 1 aromatic carbocycles. The van der Waals surface area contributed by atoms with Crippen molar-refractivity contribution in [2.24, 2.45) is 5.92 Å². The van der Waals surface area contributed by atoms with Crippen molar-refractivity contribution in [1.82, 2.24) is 0 Å². The molecule has 0 spiro atoms. The first kappa shape index (κ1) is 12.4. The first-order valence-corrected chi connectivity index (χ1v) is 6.23. The summed E-state index contributed by atoms with van der Waals surface area (Å²) < 4.78 is 1.08. The van der Waals surface area contributed by atoms with Crippen LogP contribution in [0.4, 0.5) is 0 Å². The van der Waals surface area contributed by atoms with Gasteiger partial charge in [0, 0.05) is 16.8 Å². The van der Waals surface area contributed by atoms with Crippen molar-refractivity contribution >= 4 is 21.7 Å². The molecule has 0 saturated carbocycles. The Labute approximate surface area is 100 Å². The van der Waals surface area contributed by atoms with Gasteiger partial charge in [-0.25, -0.2) is 0 Å². The van der Waals surface area contributed by atoms with Crippen LogP contribution in [0.2, 0.25) is 0 Å². The van der Waals surface area contributed by atoms with Gasteiger partial charge in [0.05, 0.1) is 0 Å². The lowest BCUT2D eigenvalue weighted by molar-refractivity contribution is -0.122. The summed E-state index contributed by atoms with van der Waals surface area (Å²) in [6, 6.07) is 8.21. The third kappa shape index (κ3) is 3.78. The van der Waals surface area contributed by atoms with E-state index in [1.165, 1.54) is 5.56 Å². The van der Waals surface area contributed by atoms with E-state index >= 15 is 0 Å². The highest BCUT2D eigenvalue weighted by molar-refractivity contribution is 9.10. The van der Waals surface area contributed by atoms with Crippen LogP contribution < -0.4 is 0 Å². The van der Waals surface area contributed by atoms with Crippen LogP contribution in [0, 0.1) is 5.92 Å². The quantitative estimate of drug-likeness (QED) is 0.789. The summed E-state index contributed by atoms with van der Waals surface area (Å²) in [6.07, 6.45) is 2.45. The van der Waals surface area contributed by atoms with Gasteiger partial charge in [0.25, 0.3) is 0 Å². The lowest BCUT2D eigenvalue weighted by Crippen LogP contribution is -2.15. The molecule has 0 N–H and O–H groups in total. The summed E-state index contributed by atoms with van der Waals surface area (Å²) in [5, 5.41) is 0. The minimum absolute atomic E-state index is 0.191. The Morgan fingerprint density at radius 1 is 1.27 bits per heavy atom. The molecule has 2 heteroatoms. The molecule has 0 aliphatic carbocycles. The van der Waals surface area contributed by atoms with Gasteiger partial charge in [-0.3, -0.25) is 4.79 Å². The van der Waals surface area contributed by atoms with Crippen LogP contribution in [-0.2, 0) is 11.2 Å². The molecule has 0 saturated heterocycles. The SMILES string of the molecule is CCC(=O)C(CC)Cc1ccc(Br)cc1. The summed E-state index contributed by atoms with van der Waals surface area (Å²) in [6.45, 7) is 4.02. The number of Topliss-reactive ketones (excluding diaryl/α,β-unsaturated/α-hetero) is 1. The largest absolute Gasteiger partial charge is 0.299 e. The van der Waals surface area contributed by atoms with Gasteiger partial charge < -0.3 is 0 Å². The molecule has 0 radical (unpaired) electrons. The van der Waals surface area contributed by atoms with Crippen LogP contribution in [0.25, 0.3) is 0 Å². The average Bonchev–Trinajstić information content (AvgIpc) is 2.27. The summed E-state index contributed by atoms with van der Waals surface area (Å²) in [5.74, 6) is 0.566. The minimum Gasteiger partial charge on any atom is -0.299 e. The second-order valence-corrected chi connectivity index (χ2v) is 4.67. The number of benzene rings is 1. The van der Waals surface area contributed by atoms with Gasteiger partial charge in [-0.15, -0.1) is 0 Å². The first-order valence-electron chi connectivity index (χ1n) is 5.44. The summed E-state index contributed by atoms with van der Waals surface area (Å²) in [7, 11) is 0. The van der Waals surface area contributed by atoms with Crippen molar-refractivity contribution < 1.29 is 4.79 Å². The zero-order valence-corrected chi connectivity index (χ0v) is 10.9. The second-order valence-electron chi connectivity index (χ2n) is 3.76. The van der Waals surface area contributed by atoms with Crippen molar-refractivity contribution in [3.8, 4) is 0 Å². The van der Waals surface area contributed by atoms with Gasteiger partial charge >= 0.3 is 0 Å². The van der Waals surface area contributed by atoms with Crippen LogP contribution in [0.15, 0.2) is 28.7 Å². The molecule has 0 aromatic heterocycles. The van der Waals surface area contributed by atoms with Crippen LogP contribution in [-0.4, -0.2) is 5.78 Å². The summed E-state index contributed by atoms with van der Waals surface area (Å²) >= 11 is 3.40. The molecule has 1 aromatic rings. The predicted octanol–water partition coefficient (Wildman–Crippen LogP) is 4.00. The van der Waals surface area contributed by atoms with Gasteiger partial charge in [0.2, 0.25) is 0 Å². The van der Waals surface area contributed by atoms with Crippen LogP contribution in [0.3, 0.4) is 0 Å². The lowest BCUT2D eigenvalue weighted by Gasteiger charge is -2.12. The van der Waals surface area contributed by atoms with Crippen LogP contribution >= 0.6 is 15.9 Å². The molecule has 1 rings (SSSR count). The number of hydrogen-bond acceptors (Lipinski definition) is 1. The lowest BCUT2D eigenvalue weighted by atomic mass is 9.92. The third-order valence-corrected chi connectivity index (χ3v) is 3.22. The van der Waals surface area contributed by atoms with Gasteiger partial charge in [-0.05, 0) is 30.5 Å². The fourth-order valence-corrected chi connectivity index (χ4v) is 1.94. The maximum Gasteiger partial charge on any atom is 0.136 e. The number of carbonyl (C=O) groups excluding carboxylic acids is 1. The number of ketones is 1. The monoisotopic (exact) mass is 268 g/mol. The first-order chi connectivity index (χ1) is 7.17. The molecule has 0 aliphatic rings. The molecule has 0 bridgehead atoms. The molecular formula is C13H17BrO. The Balaban J connectivity index is 2.66. The van der Waals surface area contributed by atoms with E-state index in [1.54, 1.807) is 0 Å². The standard InChI is InChI=1S/C13H17BrO/c1-3-11(13(15)4-2)9-10-5-7-12(14)8-6-10/h5-8,11H,3-4,9H2,1-2H3. The van der Waals surface area contributed by atoms with Crippen molar-refractivity contribution in [2.45, 2.75) is 33.1 Å². The molecule has 82 valence electrons. The van der Waals surface area contributed by atoms with Crippen molar-refractivity contribution in [3.63, 3.8) is 0 Å². The normalized spacial score (nSPS) is 12.5. The fourth-order valence-electron chi connectivity index (χ4n) is 1.68. The number of halogens is 1. The van der Waals surface area contributed by atoms with E-state index in [0.717, 1.165) is 17.3 Å². The number of hydrogen-bond donors (Lipinski definition) is 0. The molecule has 15 heavy (non-hydrogen) atoms. The highest BCUT2D eigenvalue weighted by atomic mass is 79.9.